The van der Waals surface area contributed by atoms with Crippen LogP contribution in [0.25, 0.3) is 22.7 Å². The van der Waals surface area contributed by atoms with Gasteiger partial charge in [-0.25, -0.2) is 4.98 Å². The van der Waals surface area contributed by atoms with E-state index in [2.05, 4.69) is 32.0 Å². The fourth-order valence-corrected chi connectivity index (χ4v) is 2.69. The van der Waals surface area contributed by atoms with E-state index < -0.39 is 0 Å². The second kappa shape index (κ2) is 5.72. The molecule has 0 spiro atoms. The summed E-state index contributed by atoms with van der Waals surface area (Å²) in [5.74, 6) is 0. The number of aromatic nitrogens is 2. The molecular weight excluding hydrogens is 350 g/mol. The van der Waals surface area contributed by atoms with Crippen molar-refractivity contribution in [1.82, 2.24) is 9.97 Å². The fourth-order valence-electron chi connectivity index (χ4n) is 2.12. The molecule has 0 unspecified atom stereocenters. The zero-order chi connectivity index (χ0) is 14.8. The Morgan fingerprint density at radius 2 is 2.19 bits per heavy atom. The molecule has 0 aliphatic heterocycles. The summed E-state index contributed by atoms with van der Waals surface area (Å²) in [4.78, 5) is 7.38. The van der Waals surface area contributed by atoms with Crippen LogP contribution < -0.4 is 0 Å². The largest absolute Gasteiger partial charge is 0.346 e. The molecule has 1 N–H and O–H groups in total. The highest BCUT2D eigenvalue weighted by atomic mass is 79.9. The first-order valence-electron chi connectivity index (χ1n) is 6.18. The van der Waals surface area contributed by atoms with E-state index in [0.717, 1.165) is 26.6 Å². The molecule has 5 heteroatoms. The molecule has 0 fully saturated rings. The Bertz CT molecular complexity index is 890. The summed E-state index contributed by atoms with van der Waals surface area (Å²) in [5.41, 5.74) is 2.91. The molecule has 0 aliphatic rings. The number of nitriles is 1. The van der Waals surface area contributed by atoms with Gasteiger partial charge in [-0.3, -0.25) is 0 Å². The predicted octanol–water partition coefficient (Wildman–Crippen LogP) is 5.04. The van der Waals surface area contributed by atoms with Gasteiger partial charge >= 0.3 is 0 Å². The minimum atomic E-state index is 0.515. The third kappa shape index (κ3) is 2.71. The van der Waals surface area contributed by atoms with Crippen LogP contribution in [0, 0.1) is 11.3 Å². The van der Waals surface area contributed by atoms with E-state index in [0.29, 0.717) is 10.6 Å². The van der Waals surface area contributed by atoms with Gasteiger partial charge in [-0.15, -0.1) is 0 Å². The molecule has 2 aromatic heterocycles. The Morgan fingerprint density at radius 1 is 1.38 bits per heavy atom. The highest BCUT2D eigenvalue weighted by Crippen LogP contribution is 2.28. The molecule has 0 bridgehead atoms. The van der Waals surface area contributed by atoms with Gasteiger partial charge in [0.25, 0.3) is 0 Å². The SMILES string of the molecule is N#C/C(=C\c1c[nH]c2ncc(Br)cc12)c1ccccc1Cl. The number of hydrogen-bond donors (Lipinski definition) is 1. The predicted molar refractivity (Wildman–Crippen MR) is 88.7 cm³/mol. The van der Waals surface area contributed by atoms with Crippen LogP contribution in [0.4, 0.5) is 0 Å². The van der Waals surface area contributed by atoms with E-state index in [1.54, 1.807) is 12.3 Å². The van der Waals surface area contributed by atoms with Crippen LogP contribution in [0.15, 0.2) is 47.2 Å². The van der Waals surface area contributed by atoms with Crippen LogP contribution in [0.5, 0.6) is 0 Å². The van der Waals surface area contributed by atoms with Gasteiger partial charge in [-0.1, -0.05) is 29.8 Å². The topological polar surface area (TPSA) is 52.5 Å². The normalized spacial score (nSPS) is 11.6. The summed E-state index contributed by atoms with van der Waals surface area (Å²) in [5, 5.41) is 10.9. The molecule has 0 radical (unpaired) electrons. The first-order valence-corrected chi connectivity index (χ1v) is 7.35. The maximum Gasteiger partial charge on any atom is 0.137 e. The highest BCUT2D eigenvalue weighted by Gasteiger charge is 2.08. The maximum absolute atomic E-state index is 9.42. The number of H-pyrrole nitrogens is 1. The van der Waals surface area contributed by atoms with Crippen molar-refractivity contribution < 1.29 is 0 Å². The van der Waals surface area contributed by atoms with E-state index in [-0.39, 0.29) is 0 Å². The van der Waals surface area contributed by atoms with Crippen molar-refractivity contribution in [1.29, 1.82) is 5.26 Å². The minimum absolute atomic E-state index is 0.515. The van der Waals surface area contributed by atoms with Gasteiger partial charge in [-0.05, 0) is 34.1 Å². The van der Waals surface area contributed by atoms with Crippen LogP contribution in [0.2, 0.25) is 5.02 Å². The maximum atomic E-state index is 9.42. The molecule has 2 heterocycles. The molecule has 3 rings (SSSR count). The van der Waals surface area contributed by atoms with Crippen molar-refractivity contribution >= 4 is 50.2 Å². The van der Waals surface area contributed by atoms with Gasteiger partial charge in [0.05, 0.1) is 11.6 Å². The molecule has 102 valence electrons. The molecule has 1 aromatic carbocycles. The van der Waals surface area contributed by atoms with Gasteiger partial charge in [0.2, 0.25) is 0 Å². The average Bonchev–Trinajstić information content (AvgIpc) is 2.88. The number of pyridine rings is 1. The molecule has 0 saturated heterocycles. The Labute approximate surface area is 135 Å². The average molecular weight is 359 g/mol. The second-order valence-corrected chi connectivity index (χ2v) is 5.77. The number of nitrogens with one attached hydrogen (secondary N) is 1. The second-order valence-electron chi connectivity index (χ2n) is 4.44. The number of rotatable bonds is 2. The number of halogens is 2. The molecule has 0 amide bonds. The standard InChI is InChI=1S/C16H9BrClN3/c17-12-6-14-11(8-20-16(14)21-9-12)5-10(7-19)13-3-1-2-4-15(13)18/h1-6,8-9H,(H,20,21)/b10-5+. The quantitative estimate of drug-likeness (QED) is 0.652. The first-order chi connectivity index (χ1) is 10.2. The Morgan fingerprint density at radius 3 is 2.95 bits per heavy atom. The summed E-state index contributed by atoms with van der Waals surface area (Å²) in [6, 6.07) is 11.5. The van der Waals surface area contributed by atoms with Gasteiger partial charge in [0, 0.05) is 38.4 Å². The van der Waals surface area contributed by atoms with E-state index in [9.17, 15) is 5.26 Å². The van der Waals surface area contributed by atoms with Gasteiger partial charge in [-0.2, -0.15) is 5.26 Å². The van der Waals surface area contributed by atoms with Crippen LogP contribution in [-0.2, 0) is 0 Å². The molecule has 0 saturated carbocycles. The van der Waals surface area contributed by atoms with Crippen molar-refractivity contribution in [3.05, 3.63) is 63.3 Å². The van der Waals surface area contributed by atoms with Crippen molar-refractivity contribution in [3.8, 4) is 6.07 Å². The van der Waals surface area contributed by atoms with Crippen molar-refractivity contribution in [2.45, 2.75) is 0 Å². The van der Waals surface area contributed by atoms with Crippen LogP contribution >= 0.6 is 27.5 Å². The number of fused-ring (bicyclic) bond motifs is 1. The molecule has 0 aliphatic carbocycles. The van der Waals surface area contributed by atoms with Crippen LogP contribution in [0.3, 0.4) is 0 Å². The van der Waals surface area contributed by atoms with E-state index in [4.69, 9.17) is 11.6 Å². The number of allylic oxidation sites excluding steroid dienone is 1. The zero-order valence-electron chi connectivity index (χ0n) is 10.8. The van der Waals surface area contributed by atoms with Crippen molar-refractivity contribution in [3.63, 3.8) is 0 Å². The smallest absolute Gasteiger partial charge is 0.137 e. The van der Waals surface area contributed by atoms with Crippen LogP contribution in [-0.4, -0.2) is 9.97 Å². The van der Waals surface area contributed by atoms with Crippen molar-refractivity contribution in [2.24, 2.45) is 0 Å². The lowest BCUT2D eigenvalue weighted by Crippen LogP contribution is -1.83. The Hall–Kier alpha value is -2.09. The van der Waals surface area contributed by atoms with E-state index in [1.807, 2.05) is 36.5 Å². The molecule has 3 aromatic rings. The lowest BCUT2D eigenvalue weighted by molar-refractivity contribution is 1.31. The number of aromatic amines is 1. The molecular formula is C16H9BrClN3. The molecule has 3 nitrogen and oxygen atoms in total. The number of nitrogens with zero attached hydrogens (tertiary/aromatic N) is 2. The Balaban J connectivity index is 2.16. The van der Waals surface area contributed by atoms with Gasteiger partial charge < -0.3 is 4.98 Å². The number of hydrogen-bond acceptors (Lipinski definition) is 2. The molecule has 21 heavy (non-hydrogen) atoms. The first kappa shape index (κ1) is 13.9. The van der Waals surface area contributed by atoms with E-state index >= 15 is 0 Å². The van der Waals surface area contributed by atoms with Gasteiger partial charge in [0.1, 0.15) is 5.65 Å². The van der Waals surface area contributed by atoms with E-state index in [1.165, 1.54) is 0 Å². The number of benzene rings is 1. The lowest BCUT2D eigenvalue weighted by Gasteiger charge is -2.01. The zero-order valence-corrected chi connectivity index (χ0v) is 13.1. The minimum Gasteiger partial charge on any atom is -0.346 e. The Kier molecular flexibility index (Phi) is 3.78. The summed E-state index contributed by atoms with van der Waals surface area (Å²) in [6.45, 7) is 0. The van der Waals surface area contributed by atoms with Crippen molar-refractivity contribution in [2.75, 3.05) is 0 Å². The monoisotopic (exact) mass is 357 g/mol. The molecule has 0 atom stereocenters. The summed E-state index contributed by atoms with van der Waals surface area (Å²) >= 11 is 9.57. The summed E-state index contributed by atoms with van der Waals surface area (Å²) < 4.78 is 0.889. The lowest BCUT2D eigenvalue weighted by atomic mass is 10.0. The summed E-state index contributed by atoms with van der Waals surface area (Å²) in [6.07, 6.45) is 5.37. The summed E-state index contributed by atoms with van der Waals surface area (Å²) in [7, 11) is 0. The third-order valence-electron chi connectivity index (χ3n) is 3.11. The highest BCUT2D eigenvalue weighted by molar-refractivity contribution is 9.10. The van der Waals surface area contributed by atoms with Gasteiger partial charge in [0.15, 0.2) is 0 Å². The fraction of sp³-hybridized carbons (Fsp3) is 0. The third-order valence-corrected chi connectivity index (χ3v) is 3.88. The van der Waals surface area contributed by atoms with Crippen LogP contribution in [0.1, 0.15) is 11.1 Å².